The normalized spacial score (nSPS) is 10.7. The summed E-state index contributed by atoms with van der Waals surface area (Å²) >= 11 is 0. The molecule has 0 aliphatic rings. The van der Waals surface area contributed by atoms with E-state index in [1.54, 1.807) is 30.3 Å². The van der Waals surface area contributed by atoms with Crippen LogP contribution in [0.5, 0.6) is 0 Å². The van der Waals surface area contributed by atoms with Crippen molar-refractivity contribution in [1.82, 2.24) is 0 Å². The molecule has 0 heterocycles. The van der Waals surface area contributed by atoms with E-state index in [4.69, 9.17) is 0 Å². The smallest absolute Gasteiger partial charge is 0.267 e. The maximum absolute atomic E-state index is 12.3. The van der Waals surface area contributed by atoms with Crippen molar-refractivity contribution in [3.05, 3.63) is 70.9 Å². The van der Waals surface area contributed by atoms with E-state index in [9.17, 15) is 14.9 Å². The zero-order chi connectivity index (χ0) is 18.4. The summed E-state index contributed by atoms with van der Waals surface area (Å²) in [4.78, 5) is 23.7. The van der Waals surface area contributed by atoms with Crippen molar-refractivity contribution in [2.45, 2.75) is 20.8 Å². The minimum atomic E-state index is -0.494. The monoisotopic (exact) mass is 333 g/mol. The number of amides is 1. The first kappa shape index (κ1) is 18.0. The Morgan fingerprint density at radius 1 is 1.12 bits per heavy atom. The van der Waals surface area contributed by atoms with E-state index >= 15 is 0 Å². The van der Waals surface area contributed by atoms with Crippen LogP contribution in [-0.2, 0) is 4.79 Å². The highest BCUT2D eigenvalue weighted by Crippen LogP contribution is 2.19. The highest BCUT2D eigenvalue weighted by Gasteiger charge is 2.11. The van der Waals surface area contributed by atoms with Crippen molar-refractivity contribution in [2.24, 2.45) is 0 Å². The third kappa shape index (κ3) is 4.55. The van der Waals surface area contributed by atoms with E-state index in [0.717, 1.165) is 11.1 Å². The summed E-state index contributed by atoms with van der Waals surface area (Å²) in [7, 11) is 0. The standard InChI is InChI=1S/C20H19N3O2/c1-13-6-4-9-19(14(13)2)23-20(25)17(11-21)12-22-18-8-5-7-16(10-18)15(3)24/h4-10,12,22H,1-3H3,(H,23,25)/b17-12-. The second-order valence-electron chi connectivity index (χ2n) is 5.65. The number of Topliss-reactive ketones (excluding diaryl/α,β-unsaturated/α-hetero) is 1. The molecular formula is C20H19N3O2. The van der Waals surface area contributed by atoms with Crippen molar-refractivity contribution in [3.63, 3.8) is 0 Å². The minimum Gasteiger partial charge on any atom is -0.360 e. The Kier molecular flexibility index (Phi) is 5.70. The fraction of sp³-hybridized carbons (Fsp3) is 0.150. The molecule has 0 saturated heterocycles. The van der Waals surface area contributed by atoms with Crippen LogP contribution in [0.2, 0.25) is 0 Å². The maximum Gasteiger partial charge on any atom is 0.267 e. The van der Waals surface area contributed by atoms with Crippen LogP contribution in [0, 0.1) is 25.2 Å². The predicted molar refractivity (Wildman–Crippen MR) is 98.3 cm³/mol. The van der Waals surface area contributed by atoms with Crippen molar-refractivity contribution in [2.75, 3.05) is 10.6 Å². The van der Waals surface area contributed by atoms with Crippen LogP contribution in [0.4, 0.5) is 11.4 Å². The van der Waals surface area contributed by atoms with Gasteiger partial charge < -0.3 is 10.6 Å². The van der Waals surface area contributed by atoms with Gasteiger partial charge in [-0.2, -0.15) is 5.26 Å². The highest BCUT2D eigenvalue weighted by atomic mass is 16.1. The first-order valence-electron chi connectivity index (χ1n) is 7.77. The molecule has 0 aliphatic heterocycles. The van der Waals surface area contributed by atoms with E-state index in [1.807, 2.05) is 32.0 Å². The number of nitrogens with zero attached hydrogens (tertiary/aromatic N) is 1. The largest absolute Gasteiger partial charge is 0.360 e. The van der Waals surface area contributed by atoms with Gasteiger partial charge in [0.05, 0.1) is 0 Å². The molecule has 2 N–H and O–H groups in total. The van der Waals surface area contributed by atoms with Gasteiger partial charge in [0.25, 0.3) is 5.91 Å². The van der Waals surface area contributed by atoms with Crippen molar-refractivity contribution >= 4 is 23.1 Å². The Morgan fingerprint density at radius 3 is 2.52 bits per heavy atom. The van der Waals surface area contributed by atoms with Crippen LogP contribution in [0.15, 0.2) is 54.2 Å². The Bertz CT molecular complexity index is 892. The van der Waals surface area contributed by atoms with Gasteiger partial charge >= 0.3 is 0 Å². The summed E-state index contributed by atoms with van der Waals surface area (Å²) < 4.78 is 0. The lowest BCUT2D eigenvalue weighted by Crippen LogP contribution is -2.15. The summed E-state index contributed by atoms with van der Waals surface area (Å²) in [5.74, 6) is -0.549. The summed E-state index contributed by atoms with van der Waals surface area (Å²) in [6, 6.07) is 14.3. The summed E-state index contributed by atoms with van der Waals surface area (Å²) in [5, 5.41) is 14.9. The number of aryl methyl sites for hydroxylation is 1. The van der Waals surface area contributed by atoms with Gasteiger partial charge in [0, 0.05) is 23.1 Å². The molecule has 126 valence electrons. The molecule has 0 aliphatic carbocycles. The average molecular weight is 333 g/mol. The average Bonchev–Trinajstić information content (AvgIpc) is 2.59. The molecule has 0 spiro atoms. The molecule has 0 radical (unpaired) electrons. The van der Waals surface area contributed by atoms with Gasteiger partial charge in [0.1, 0.15) is 11.6 Å². The van der Waals surface area contributed by atoms with Gasteiger partial charge in [-0.3, -0.25) is 9.59 Å². The number of benzene rings is 2. The highest BCUT2D eigenvalue weighted by molar-refractivity contribution is 6.07. The number of carbonyl (C=O) groups is 2. The van der Waals surface area contributed by atoms with E-state index in [0.29, 0.717) is 16.9 Å². The van der Waals surface area contributed by atoms with Crippen molar-refractivity contribution in [3.8, 4) is 6.07 Å². The number of rotatable bonds is 5. The number of nitrogens with one attached hydrogen (secondary N) is 2. The van der Waals surface area contributed by atoms with Crippen LogP contribution in [-0.4, -0.2) is 11.7 Å². The molecule has 0 bridgehead atoms. The van der Waals surface area contributed by atoms with E-state index < -0.39 is 5.91 Å². The van der Waals surface area contributed by atoms with E-state index in [1.165, 1.54) is 13.1 Å². The Labute approximate surface area is 147 Å². The lowest BCUT2D eigenvalue weighted by Gasteiger charge is -2.10. The van der Waals surface area contributed by atoms with Crippen LogP contribution in [0.3, 0.4) is 0 Å². The molecule has 5 nitrogen and oxygen atoms in total. The third-order valence-corrected chi connectivity index (χ3v) is 3.87. The number of nitriles is 1. The molecule has 2 aromatic carbocycles. The molecule has 0 aromatic heterocycles. The SMILES string of the molecule is CC(=O)c1cccc(N/C=C(/C#N)C(=O)Nc2cccc(C)c2C)c1. The molecule has 5 heteroatoms. The molecule has 2 aromatic rings. The quantitative estimate of drug-likeness (QED) is 0.493. The fourth-order valence-electron chi connectivity index (χ4n) is 2.21. The molecule has 2 rings (SSSR count). The molecule has 0 saturated carbocycles. The lowest BCUT2D eigenvalue weighted by atomic mass is 10.1. The molecule has 0 atom stereocenters. The summed E-state index contributed by atoms with van der Waals surface area (Å²) in [6.07, 6.45) is 1.33. The second kappa shape index (κ2) is 7.93. The van der Waals surface area contributed by atoms with Crippen LogP contribution in [0.1, 0.15) is 28.4 Å². The summed E-state index contributed by atoms with van der Waals surface area (Å²) in [5.41, 5.74) is 3.80. The van der Waals surface area contributed by atoms with Gasteiger partial charge in [-0.15, -0.1) is 0 Å². The Hall–Kier alpha value is -3.39. The first-order valence-corrected chi connectivity index (χ1v) is 7.77. The minimum absolute atomic E-state index is 0.0548. The van der Waals surface area contributed by atoms with Gasteiger partial charge in [0.15, 0.2) is 5.78 Å². The molecule has 25 heavy (non-hydrogen) atoms. The van der Waals surface area contributed by atoms with Gasteiger partial charge in [-0.05, 0) is 50.1 Å². The Morgan fingerprint density at radius 2 is 1.84 bits per heavy atom. The topological polar surface area (TPSA) is 82.0 Å². The molecule has 1 amide bonds. The maximum atomic E-state index is 12.3. The predicted octanol–water partition coefficient (Wildman–Crippen LogP) is 3.96. The lowest BCUT2D eigenvalue weighted by molar-refractivity contribution is -0.112. The number of ketones is 1. The van der Waals surface area contributed by atoms with Crippen LogP contribution in [0.25, 0.3) is 0 Å². The van der Waals surface area contributed by atoms with Gasteiger partial charge in [-0.1, -0.05) is 24.3 Å². The third-order valence-electron chi connectivity index (χ3n) is 3.87. The number of hydrogen-bond acceptors (Lipinski definition) is 4. The van der Waals surface area contributed by atoms with Gasteiger partial charge in [0.2, 0.25) is 0 Å². The van der Waals surface area contributed by atoms with Crippen molar-refractivity contribution < 1.29 is 9.59 Å². The second-order valence-corrected chi connectivity index (χ2v) is 5.65. The first-order chi connectivity index (χ1) is 11.9. The fourth-order valence-corrected chi connectivity index (χ4v) is 2.21. The molecule has 0 unspecified atom stereocenters. The van der Waals surface area contributed by atoms with Crippen LogP contribution >= 0.6 is 0 Å². The number of hydrogen-bond donors (Lipinski definition) is 2. The van der Waals surface area contributed by atoms with E-state index in [2.05, 4.69) is 10.6 Å². The van der Waals surface area contributed by atoms with Crippen LogP contribution < -0.4 is 10.6 Å². The zero-order valence-electron chi connectivity index (χ0n) is 14.4. The summed E-state index contributed by atoms with van der Waals surface area (Å²) in [6.45, 7) is 5.34. The Balaban J connectivity index is 2.16. The van der Waals surface area contributed by atoms with Gasteiger partial charge in [-0.25, -0.2) is 0 Å². The molecule has 0 fully saturated rings. The molecular weight excluding hydrogens is 314 g/mol. The number of carbonyl (C=O) groups excluding carboxylic acids is 2. The zero-order valence-corrected chi connectivity index (χ0v) is 14.4. The number of anilines is 2. The van der Waals surface area contributed by atoms with Crippen molar-refractivity contribution in [1.29, 1.82) is 5.26 Å². The van der Waals surface area contributed by atoms with E-state index in [-0.39, 0.29) is 11.4 Å².